The van der Waals surface area contributed by atoms with Gasteiger partial charge in [0.05, 0.1) is 18.0 Å². The number of Topliss-reactive ketones (excluding diaryl/α,β-unsaturated/α-hetero) is 1. The molecular weight excluding hydrogens is 437 g/mol. The van der Waals surface area contributed by atoms with E-state index in [0.29, 0.717) is 5.75 Å². The number of hydrogen-bond donors (Lipinski definition) is 3. The minimum atomic E-state index is -5.32. The van der Waals surface area contributed by atoms with Gasteiger partial charge in [0.15, 0.2) is 17.3 Å². The highest BCUT2D eigenvalue weighted by Gasteiger charge is 2.66. The first kappa shape index (κ1) is 22.6. The summed E-state index contributed by atoms with van der Waals surface area (Å²) in [5.74, 6) is -2.62. The van der Waals surface area contributed by atoms with Crippen molar-refractivity contribution < 1.29 is 37.3 Å². The lowest BCUT2D eigenvalue weighted by molar-refractivity contribution is -0.287. The Labute approximate surface area is 179 Å². The molecule has 0 spiro atoms. The predicted molar refractivity (Wildman–Crippen MR) is 106 cm³/mol. The number of urea groups is 1. The molecule has 31 heavy (non-hydrogen) atoms. The average molecular weight is 456 g/mol. The van der Waals surface area contributed by atoms with Gasteiger partial charge in [-0.1, -0.05) is 24.8 Å². The van der Waals surface area contributed by atoms with Crippen molar-refractivity contribution in [2.45, 2.75) is 17.9 Å². The first-order valence-electron chi connectivity index (χ1n) is 8.99. The average Bonchev–Trinajstić information content (AvgIpc) is 3.25. The minimum Gasteiger partial charge on any atom is -0.493 e. The number of alkyl halides is 3. The van der Waals surface area contributed by atoms with E-state index in [1.807, 2.05) is 0 Å². The Morgan fingerprint density at radius 3 is 2.68 bits per heavy atom. The summed E-state index contributed by atoms with van der Waals surface area (Å²) in [5.41, 5.74) is -3.66. The summed E-state index contributed by atoms with van der Waals surface area (Å²) in [4.78, 5) is 25.1. The summed E-state index contributed by atoms with van der Waals surface area (Å²) >= 11 is 0.931. The molecule has 0 aliphatic carbocycles. The Balaban J connectivity index is 2.12. The van der Waals surface area contributed by atoms with E-state index in [0.717, 1.165) is 11.3 Å². The van der Waals surface area contributed by atoms with Gasteiger partial charge in [0, 0.05) is 0 Å². The monoisotopic (exact) mass is 456 g/mol. The Hall–Kier alpha value is -3.05. The largest absolute Gasteiger partial charge is 0.493 e. The van der Waals surface area contributed by atoms with Crippen LogP contribution >= 0.6 is 11.3 Å². The predicted octanol–water partition coefficient (Wildman–Crippen LogP) is 3.43. The highest BCUT2D eigenvalue weighted by molar-refractivity contribution is 7.12. The molecule has 11 heteroatoms. The van der Waals surface area contributed by atoms with Crippen LogP contribution in [0.3, 0.4) is 0 Å². The molecule has 1 aliphatic heterocycles. The number of rotatable bonds is 7. The fourth-order valence-corrected chi connectivity index (χ4v) is 4.04. The first-order valence-corrected chi connectivity index (χ1v) is 9.87. The topological polar surface area (TPSA) is 96.9 Å². The molecule has 2 heterocycles. The van der Waals surface area contributed by atoms with Gasteiger partial charge in [0.2, 0.25) is 5.72 Å². The molecule has 7 nitrogen and oxygen atoms in total. The molecule has 1 fully saturated rings. The van der Waals surface area contributed by atoms with Crippen molar-refractivity contribution in [3.63, 3.8) is 0 Å². The lowest BCUT2D eigenvalue weighted by Gasteiger charge is -2.44. The number of hydrogen-bond acceptors (Lipinski definition) is 6. The number of halogens is 3. The lowest BCUT2D eigenvalue weighted by Crippen LogP contribution is -2.72. The van der Waals surface area contributed by atoms with E-state index in [1.54, 1.807) is 0 Å². The van der Waals surface area contributed by atoms with E-state index in [-0.39, 0.29) is 22.8 Å². The molecule has 1 saturated heterocycles. The van der Waals surface area contributed by atoms with Crippen LogP contribution < -0.4 is 20.1 Å². The van der Waals surface area contributed by atoms with Crippen LogP contribution in [-0.4, -0.2) is 42.5 Å². The highest BCUT2D eigenvalue weighted by atomic mass is 32.1. The molecule has 3 atom stereocenters. The third-order valence-electron chi connectivity index (χ3n) is 4.76. The van der Waals surface area contributed by atoms with Crippen molar-refractivity contribution in [3.8, 4) is 11.5 Å². The van der Waals surface area contributed by atoms with E-state index in [1.165, 1.54) is 54.2 Å². The second-order valence-electron chi connectivity index (χ2n) is 6.67. The van der Waals surface area contributed by atoms with Gasteiger partial charge in [-0.3, -0.25) is 4.79 Å². The third kappa shape index (κ3) is 4.23. The number of carbonyl (C=O) groups excluding carboxylic acids is 2. The molecule has 3 rings (SSSR count). The summed E-state index contributed by atoms with van der Waals surface area (Å²) in [7, 11) is 1.33. The summed E-state index contributed by atoms with van der Waals surface area (Å²) in [5, 5.41) is 15.9. The summed E-state index contributed by atoms with van der Waals surface area (Å²) in [6.07, 6.45) is -3.82. The van der Waals surface area contributed by atoms with Crippen molar-refractivity contribution in [2.24, 2.45) is 5.92 Å². The lowest BCUT2D eigenvalue weighted by atomic mass is 9.78. The van der Waals surface area contributed by atoms with E-state index < -0.39 is 35.7 Å². The van der Waals surface area contributed by atoms with Gasteiger partial charge in [-0.2, -0.15) is 13.2 Å². The first-order chi connectivity index (χ1) is 14.6. The van der Waals surface area contributed by atoms with Crippen LogP contribution in [0.25, 0.3) is 0 Å². The highest BCUT2D eigenvalue weighted by Crippen LogP contribution is 2.45. The van der Waals surface area contributed by atoms with Crippen LogP contribution in [0.15, 0.2) is 48.4 Å². The number of thiophene rings is 1. The van der Waals surface area contributed by atoms with Crippen LogP contribution in [0.1, 0.15) is 21.3 Å². The molecule has 0 bridgehead atoms. The number of carbonyl (C=O) groups is 2. The number of ether oxygens (including phenoxy) is 2. The van der Waals surface area contributed by atoms with Crippen LogP contribution in [0.2, 0.25) is 0 Å². The van der Waals surface area contributed by atoms with Crippen LogP contribution in [0.4, 0.5) is 18.0 Å². The van der Waals surface area contributed by atoms with E-state index >= 15 is 0 Å². The smallest absolute Gasteiger partial charge is 0.437 e. The zero-order chi connectivity index (χ0) is 22.8. The summed E-state index contributed by atoms with van der Waals surface area (Å²) in [6.45, 7) is 3.69. The Kier molecular flexibility index (Phi) is 6.27. The van der Waals surface area contributed by atoms with E-state index in [9.17, 15) is 27.9 Å². The maximum Gasteiger partial charge on any atom is 0.437 e. The normalized spacial score (nSPS) is 23.5. The number of nitrogens with one attached hydrogen (secondary N) is 2. The van der Waals surface area contributed by atoms with E-state index in [4.69, 9.17) is 9.47 Å². The number of amides is 2. The molecule has 0 radical (unpaired) electrons. The Bertz CT molecular complexity index is 980. The third-order valence-corrected chi connectivity index (χ3v) is 5.64. The van der Waals surface area contributed by atoms with Crippen LogP contribution in [0.5, 0.6) is 11.5 Å². The Morgan fingerprint density at radius 2 is 2.10 bits per heavy atom. The molecule has 166 valence electrons. The molecule has 3 N–H and O–H groups in total. The summed E-state index contributed by atoms with van der Waals surface area (Å²) < 4.78 is 52.3. The van der Waals surface area contributed by atoms with Crippen molar-refractivity contribution >= 4 is 23.2 Å². The molecule has 1 aromatic heterocycles. The number of ketones is 1. The molecule has 0 saturated carbocycles. The second kappa shape index (κ2) is 8.60. The van der Waals surface area contributed by atoms with Gasteiger partial charge in [-0.25, -0.2) is 4.79 Å². The fraction of sp³-hybridized carbons (Fsp3) is 0.300. The number of benzene rings is 1. The standard InChI is InChI=1S/C20H19F3N2O5S/c1-3-8-30-12-7-6-11(10-13(12)29-2)16-15(17(26)14-5-4-9-31-14)19(28,20(21,22)23)25-18(27)24-16/h3-7,9-10,15-16,28H,1,8H2,2H3,(H2,24,25,27)/t15-,16+,19-/m0/s1. The molecule has 2 aromatic rings. The van der Waals surface area contributed by atoms with Crippen molar-refractivity contribution in [1.29, 1.82) is 0 Å². The van der Waals surface area contributed by atoms with Crippen LogP contribution in [-0.2, 0) is 0 Å². The molecule has 1 aliphatic rings. The van der Waals surface area contributed by atoms with E-state index in [2.05, 4.69) is 11.9 Å². The molecular formula is C20H19F3N2O5S. The van der Waals surface area contributed by atoms with Gasteiger partial charge < -0.3 is 25.2 Å². The SMILES string of the molecule is C=CCOc1ccc([C@H]2NC(=O)N[C@@](O)(C(F)(F)F)[C@@H]2C(=O)c2cccs2)cc1OC. The van der Waals surface area contributed by atoms with Crippen molar-refractivity contribution in [3.05, 3.63) is 58.8 Å². The minimum absolute atomic E-state index is 0.00789. The van der Waals surface area contributed by atoms with Gasteiger partial charge >= 0.3 is 12.2 Å². The number of methoxy groups -OCH3 is 1. The van der Waals surface area contributed by atoms with Gasteiger partial charge in [-0.15, -0.1) is 11.3 Å². The van der Waals surface area contributed by atoms with Crippen molar-refractivity contribution in [2.75, 3.05) is 13.7 Å². The maximum atomic E-state index is 13.9. The number of aliphatic hydroxyl groups is 1. The second-order valence-corrected chi connectivity index (χ2v) is 7.62. The molecule has 2 amide bonds. The molecule has 1 aromatic carbocycles. The van der Waals surface area contributed by atoms with Gasteiger partial charge in [0.25, 0.3) is 0 Å². The van der Waals surface area contributed by atoms with Gasteiger partial charge in [-0.05, 0) is 29.1 Å². The molecule has 0 unspecified atom stereocenters. The zero-order valence-corrected chi connectivity index (χ0v) is 17.0. The zero-order valence-electron chi connectivity index (χ0n) is 16.2. The Morgan fingerprint density at radius 1 is 1.35 bits per heavy atom. The fourth-order valence-electron chi connectivity index (χ4n) is 3.33. The summed E-state index contributed by atoms with van der Waals surface area (Å²) in [6, 6.07) is 4.25. The maximum absolute atomic E-state index is 13.9. The van der Waals surface area contributed by atoms with Crippen molar-refractivity contribution in [1.82, 2.24) is 10.6 Å². The van der Waals surface area contributed by atoms with Gasteiger partial charge in [0.1, 0.15) is 12.5 Å². The van der Waals surface area contributed by atoms with Crippen LogP contribution in [0, 0.1) is 5.92 Å². The quantitative estimate of drug-likeness (QED) is 0.438.